The van der Waals surface area contributed by atoms with E-state index < -0.39 is 0 Å². The van der Waals surface area contributed by atoms with Crippen molar-refractivity contribution in [2.45, 2.75) is 31.7 Å². The van der Waals surface area contributed by atoms with Crippen LogP contribution in [0.5, 0.6) is 0 Å². The van der Waals surface area contributed by atoms with Gasteiger partial charge in [0.25, 0.3) is 0 Å². The fourth-order valence-corrected chi connectivity index (χ4v) is 5.41. The topological polar surface area (TPSA) is 62.1 Å². The molecule has 0 spiro atoms. The van der Waals surface area contributed by atoms with Gasteiger partial charge in [-0.1, -0.05) is 23.7 Å². The fourth-order valence-electron chi connectivity index (χ4n) is 5.22. The molecule has 2 saturated heterocycles. The van der Waals surface area contributed by atoms with Crippen molar-refractivity contribution in [1.29, 1.82) is 0 Å². The average Bonchev–Trinajstić information content (AvgIpc) is 3.57. The molecule has 0 unspecified atom stereocenters. The molecule has 4 aromatic rings. The van der Waals surface area contributed by atoms with Crippen molar-refractivity contribution in [2.24, 2.45) is 0 Å². The third-order valence-corrected chi connectivity index (χ3v) is 7.40. The Labute approximate surface area is 204 Å². The minimum atomic E-state index is 0.640. The predicted molar refractivity (Wildman–Crippen MR) is 137 cm³/mol. The molecular weight excluding hydrogens is 446 g/mol. The van der Waals surface area contributed by atoms with E-state index in [9.17, 15) is 0 Å². The zero-order chi connectivity index (χ0) is 22.9. The molecule has 0 bridgehead atoms. The van der Waals surface area contributed by atoms with Crippen LogP contribution in [0.1, 0.15) is 25.7 Å². The minimum absolute atomic E-state index is 0.640. The van der Waals surface area contributed by atoms with Crippen molar-refractivity contribution in [3.05, 3.63) is 66.1 Å². The van der Waals surface area contributed by atoms with Gasteiger partial charge in [0.15, 0.2) is 5.65 Å². The molecule has 0 saturated carbocycles. The summed E-state index contributed by atoms with van der Waals surface area (Å²) < 4.78 is 1.86. The molecule has 0 atom stereocenters. The summed E-state index contributed by atoms with van der Waals surface area (Å²) in [5.41, 5.74) is 3.81. The number of halogens is 1. The van der Waals surface area contributed by atoms with Crippen molar-refractivity contribution in [3.8, 4) is 5.69 Å². The highest BCUT2D eigenvalue weighted by Crippen LogP contribution is 2.29. The van der Waals surface area contributed by atoms with Crippen LogP contribution in [-0.2, 0) is 0 Å². The highest BCUT2D eigenvalue weighted by Gasteiger charge is 2.26. The van der Waals surface area contributed by atoms with Gasteiger partial charge in [0.2, 0.25) is 0 Å². The fraction of sp³-hybridized carbons (Fsp3) is 0.346. The normalized spacial score (nSPS) is 17.5. The van der Waals surface area contributed by atoms with Crippen molar-refractivity contribution in [1.82, 2.24) is 24.6 Å². The van der Waals surface area contributed by atoms with Gasteiger partial charge in [-0.25, -0.2) is 14.6 Å². The van der Waals surface area contributed by atoms with Crippen molar-refractivity contribution >= 4 is 39.8 Å². The highest BCUT2D eigenvalue weighted by atomic mass is 35.5. The summed E-state index contributed by atoms with van der Waals surface area (Å²) in [6.45, 7) is 4.82. The predicted octanol–water partition coefficient (Wildman–Crippen LogP) is 5.28. The summed E-state index contributed by atoms with van der Waals surface area (Å²) >= 11 is 6.31. The molecule has 0 amide bonds. The lowest BCUT2D eigenvalue weighted by atomic mass is 10.0. The van der Waals surface area contributed by atoms with E-state index in [0.29, 0.717) is 10.8 Å². The lowest BCUT2D eigenvalue weighted by Gasteiger charge is -2.37. The number of rotatable bonds is 5. The third kappa shape index (κ3) is 4.10. The van der Waals surface area contributed by atoms with Crippen LogP contribution in [-0.4, -0.2) is 56.9 Å². The Bertz CT molecular complexity index is 1270. The lowest BCUT2D eigenvalue weighted by molar-refractivity contribution is 0.208. The monoisotopic (exact) mass is 473 g/mol. The second kappa shape index (κ2) is 9.24. The van der Waals surface area contributed by atoms with E-state index in [1.54, 1.807) is 12.5 Å². The number of anilines is 3. The van der Waals surface area contributed by atoms with Crippen LogP contribution in [0.3, 0.4) is 0 Å². The van der Waals surface area contributed by atoms with Gasteiger partial charge in [0.1, 0.15) is 12.1 Å². The van der Waals surface area contributed by atoms with Crippen LogP contribution in [0.2, 0.25) is 5.02 Å². The number of piperidine rings is 1. The number of likely N-dealkylation sites (tertiary alicyclic amines) is 1. The Morgan fingerprint density at radius 1 is 0.853 bits per heavy atom. The lowest BCUT2D eigenvalue weighted by Crippen LogP contribution is -2.43. The molecule has 0 radical (unpaired) electrons. The number of para-hydroxylation sites is 1. The van der Waals surface area contributed by atoms with Crippen molar-refractivity contribution in [3.63, 3.8) is 0 Å². The standard InChI is InChI=1S/C26H28ClN7/c27-23-5-1-2-6-24(23)31-25-22-17-30-34(26(22)29-18-28-25)21-9-7-19(8-10-21)33-15-11-20(12-16-33)32-13-3-4-14-32/h1-2,5-10,17-18,20H,3-4,11-16H2,(H,28,29,31). The quantitative estimate of drug-likeness (QED) is 0.425. The zero-order valence-electron chi connectivity index (χ0n) is 19.1. The molecule has 0 aliphatic carbocycles. The maximum Gasteiger partial charge on any atom is 0.168 e. The van der Waals surface area contributed by atoms with Crippen LogP contribution in [0.4, 0.5) is 17.2 Å². The summed E-state index contributed by atoms with van der Waals surface area (Å²) in [6.07, 6.45) is 8.59. The number of hydrogen-bond acceptors (Lipinski definition) is 6. The number of hydrogen-bond donors (Lipinski definition) is 1. The maximum atomic E-state index is 6.31. The first kappa shape index (κ1) is 21.4. The SMILES string of the molecule is Clc1ccccc1Nc1ncnc2c1cnn2-c1ccc(N2CCC(N3CCCC3)CC2)cc1. The summed E-state index contributed by atoms with van der Waals surface area (Å²) in [5, 5.41) is 9.40. The van der Waals surface area contributed by atoms with Crippen LogP contribution in [0.25, 0.3) is 16.7 Å². The summed E-state index contributed by atoms with van der Waals surface area (Å²) in [7, 11) is 0. The van der Waals surface area contributed by atoms with Gasteiger partial charge in [-0.15, -0.1) is 0 Å². The van der Waals surface area contributed by atoms with E-state index in [0.717, 1.165) is 41.5 Å². The van der Waals surface area contributed by atoms with Gasteiger partial charge in [-0.2, -0.15) is 5.10 Å². The molecule has 34 heavy (non-hydrogen) atoms. The van der Waals surface area contributed by atoms with E-state index in [-0.39, 0.29) is 0 Å². The Hall–Kier alpha value is -3.16. The van der Waals surface area contributed by atoms with Gasteiger partial charge in [-0.3, -0.25) is 0 Å². The van der Waals surface area contributed by atoms with Gasteiger partial charge in [-0.05, 0) is 75.2 Å². The van der Waals surface area contributed by atoms with Gasteiger partial charge in [0, 0.05) is 24.8 Å². The molecule has 7 nitrogen and oxygen atoms in total. The first-order valence-electron chi connectivity index (χ1n) is 12.1. The second-order valence-electron chi connectivity index (χ2n) is 9.10. The summed E-state index contributed by atoms with van der Waals surface area (Å²) in [4.78, 5) is 14.1. The highest BCUT2D eigenvalue weighted by molar-refractivity contribution is 6.33. The minimum Gasteiger partial charge on any atom is -0.371 e. The van der Waals surface area contributed by atoms with E-state index in [2.05, 4.69) is 54.4 Å². The van der Waals surface area contributed by atoms with Crippen LogP contribution >= 0.6 is 11.6 Å². The van der Waals surface area contributed by atoms with Crippen molar-refractivity contribution in [2.75, 3.05) is 36.4 Å². The molecule has 2 aromatic heterocycles. The molecule has 8 heteroatoms. The largest absolute Gasteiger partial charge is 0.371 e. The molecule has 1 N–H and O–H groups in total. The number of aromatic nitrogens is 4. The first-order chi connectivity index (χ1) is 16.8. The van der Waals surface area contributed by atoms with E-state index in [1.165, 1.54) is 44.5 Å². The number of fused-ring (bicyclic) bond motifs is 1. The first-order valence-corrected chi connectivity index (χ1v) is 12.4. The molecule has 174 valence electrons. The molecule has 6 rings (SSSR count). The Morgan fingerprint density at radius 2 is 1.59 bits per heavy atom. The molecule has 4 heterocycles. The average molecular weight is 474 g/mol. The van der Waals surface area contributed by atoms with Gasteiger partial charge < -0.3 is 15.1 Å². The Balaban J connectivity index is 1.19. The van der Waals surface area contributed by atoms with Gasteiger partial charge >= 0.3 is 0 Å². The third-order valence-electron chi connectivity index (χ3n) is 7.07. The summed E-state index contributed by atoms with van der Waals surface area (Å²) in [6, 6.07) is 17.0. The van der Waals surface area contributed by atoms with Crippen LogP contribution in [0, 0.1) is 0 Å². The van der Waals surface area contributed by atoms with Crippen LogP contribution in [0.15, 0.2) is 61.1 Å². The van der Waals surface area contributed by atoms with E-state index in [1.807, 2.05) is 28.9 Å². The smallest absolute Gasteiger partial charge is 0.168 e. The number of benzene rings is 2. The van der Waals surface area contributed by atoms with Gasteiger partial charge in [0.05, 0.1) is 28.0 Å². The molecule has 2 fully saturated rings. The van der Waals surface area contributed by atoms with Crippen molar-refractivity contribution < 1.29 is 0 Å². The second-order valence-corrected chi connectivity index (χ2v) is 9.51. The number of nitrogens with zero attached hydrogens (tertiary/aromatic N) is 6. The van der Waals surface area contributed by atoms with E-state index >= 15 is 0 Å². The molecule has 2 aromatic carbocycles. The molecule has 2 aliphatic heterocycles. The van der Waals surface area contributed by atoms with Crippen LogP contribution < -0.4 is 10.2 Å². The number of nitrogens with one attached hydrogen (secondary N) is 1. The Kier molecular flexibility index (Phi) is 5.81. The molecule has 2 aliphatic rings. The van der Waals surface area contributed by atoms with E-state index in [4.69, 9.17) is 11.6 Å². The maximum absolute atomic E-state index is 6.31. The zero-order valence-corrected chi connectivity index (χ0v) is 19.8. The summed E-state index contributed by atoms with van der Waals surface area (Å²) in [5.74, 6) is 0.682. The molecular formula is C26H28ClN7. The Morgan fingerprint density at radius 3 is 2.35 bits per heavy atom.